The van der Waals surface area contributed by atoms with Crippen molar-refractivity contribution in [3.05, 3.63) is 135 Å². The molecule has 0 fully saturated rings. The van der Waals surface area contributed by atoms with Gasteiger partial charge in [-0.25, -0.2) is 0 Å². The molecule has 1 unspecified atom stereocenters. The van der Waals surface area contributed by atoms with Gasteiger partial charge in [0.25, 0.3) is 5.91 Å². The summed E-state index contributed by atoms with van der Waals surface area (Å²) < 4.78 is 17.8. The molecule has 1 aromatic heterocycles. The molecule has 5 aromatic rings. The number of ether oxygens (including phenoxy) is 2. The molecule has 6 nitrogen and oxygen atoms in total. The van der Waals surface area contributed by atoms with Crippen LogP contribution >= 0.6 is 0 Å². The fraction of sp³-hybridized carbons (Fsp3) is 0.152. The summed E-state index contributed by atoms with van der Waals surface area (Å²) in [5, 5.41) is 0.455. The van der Waals surface area contributed by atoms with Gasteiger partial charge in [0.05, 0.1) is 23.6 Å². The SMILES string of the molecule is CCOc1ccc(N2C(=O)c3oc4ccc(C)cc4c(=O)c3C2c2cccc(OCc3ccccc3)c2)cc1. The Hall–Kier alpha value is -4.84. The summed E-state index contributed by atoms with van der Waals surface area (Å²) >= 11 is 0. The molecule has 0 radical (unpaired) electrons. The van der Waals surface area contributed by atoms with Crippen molar-refractivity contribution in [3.63, 3.8) is 0 Å². The Kier molecular flexibility index (Phi) is 6.37. The minimum Gasteiger partial charge on any atom is -0.494 e. The van der Waals surface area contributed by atoms with Crippen LogP contribution < -0.4 is 19.8 Å². The molecular formula is C33H27NO5. The van der Waals surface area contributed by atoms with Gasteiger partial charge in [-0.15, -0.1) is 0 Å². The van der Waals surface area contributed by atoms with E-state index in [1.807, 2.05) is 105 Å². The fourth-order valence-corrected chi connectivity index (χ4v) is 5.05. The first-order chi connectivity index (χ1) is 19.0. The number of rotatable bonds is 7. The highest BCUT2D eigenvalue weighted by molar-refractivity contribution is 6.10. The van der Waals surface area contributed by atoms with Gasteiger partial charge in [0.2, 0.25) is 5.76 Å². The van der Waals surface area contributed by atoms with Gasteiger partial charge in [-0.1, -0.05) is 54.1 Å². The maximum atomic E-state index is 13.9. The second-order valence-corrected chi connectivity index (χ2v) is 9.52. The second-order valence-electron chi connectivity index (χ2n) is 9.52. The van der Waals surface area contributed by atoms with E-state index in [1.165, 1.54) is 0 Å². The fourth-order valence-electron chi connectivity index (χ4n) is 5.05. The lowest BCUT2D eigenvalue weighted by atomic mass is 9.97. The van der Waals surface area contributed by atoms with Crippen molar-refractivity contribution in [1.29, 1.82) is 0 Å². The summed E-state index contributed by atoms with van der Waals surface area (Å²) in [7, 11) is 0. The van der Waals surface area contributed by atoms with Crippen molar-refractivity contribution in [1.82, 2.24) is 0 Å². The number of hydrogen-bond donors (Lipinski definition) is 0. The molecule has 0 saturated carbocycles. The zero-order chi connectivity index (χ0) is 26.9. The van der Waals surface area contributed by atoms with Crippen molar-refractivity contribution in [2.24, 2.45) is 0 Å². The number of fused-ring (bicyclic) bond motifs is 2. The van der Waals surface area contributed by atoms with Crippen molar-refractivity contribution in [2.75, 3.05) is 11.5 Å². The Bertz CT molecular complexity index is 1720. The van der Waals surface area contributed by atoms with Crippen molar-refractivity contribution >= 4 is 22.6 Å². The molecule has 0 spiro atoms. The van der Waals surface area contributed by atoms with Gasteiger partial charge < -0.3 is 13.9 Å². The average Bonchev–Trinajstić information content (AvgIpc) is 3.26. The van der Waals surface area contributed by atoms with Gasteiger partial charge in [-0.3, -0.25) is 14.5 Å². The topological polar surface area (TPSA) is 69.0 Å². The summed E-state index contributed by atoms with van der Waals surface area (Å²) in [6.07, 6.45) is 0. The summed E-state index contributed by atoms with van der Waals surface area (Å²) in [5.74, 6) is 1.04. The molecule has 1 aliphatic heterocycles. The minimum absolute atomic E-state index is 0.0610. The molecule has 0 bridgehead atoms. The molecular weight excluding hydrogens is 490 g/mol. The maximum absolute atomic E-state index is 13.9. The molecule has 0 aliphatic carbocycles. The van der Waals surface area contributed by atoms with E-state index in [4.69, 9.17) is 13.9 Å². The monoisotopic (exact) mass is 517 g/mol. The molecule has 0 saturated heterocycles. The summed E-state index contributed by atoms with van der Waals surface area (Å²) in [6, 6.07) is 29.5. The quantitative estimate of drug-likeness (QED) is 0.237. The van der Waals surface area contributed by atoms with Gasteiger partial charge in [-0.05, 0) is 73.5 Å². The number of anilines is 1. The van der Waals surface area contributed by atoms with Gasteiger partial charge >= 0.3 is 0 Å². The molecule has 4 aromatic carbocycles. The molecule has 2 heterocycles. The summed E-state index contributed by atoms with van der Waals surface area (Å²) in [5.41, 5.74) is 3.88. The third-order valence-corrected chi connectivity index (χ3v) is 6.87. The van der Waals surface area contributed by atoms with Crippen LogP contribution in [0.5, 0.6) is 11.5 Å². The second kappa shape index (κ2) is 10.1. The van der Waals surface area contributed by atoms with Crippen molar-refractivity contribution in [2.45, 2.75) is 26.5 Å². The average molecular weight is 518 g/mol. The van der Waals surface area contributed by atoms with E-state index in [0.29, 0.717) is 46.9 Å². The Morgan fingerprint density at radius 1 is 0.821 bits per heavy atom. The van der Waals surface area contributed by atoms with E-state index in [2.05, 4.69) is 0 Å². The van der Waals surface area contributed by atoms with E-state index in [9.17, 15) is 9.59 Å². The molecule has 1 amide bonds. The summed E-state index contributed by atoms with van der Waals surface area (Å²) in [4.78, 5) is 29.4. The molecule has 194 valence electrons. The lowest BCUT2D eigenvalue weighted by Crippen LogP contribution is -2.29. The smallest absolute Gasteiger partial charge is 0.295 e. The molecule has 1 aliphatic rings. The first-order valence-corrected chi connectivity index (χ1v) is 12.9. The van der Waals surface area contributed by atoms with Crippen LogP contribution in [-0.2, 0) is 6.61 Å². The van der Waals surface area contributed by atoms with E-state index >= 15 is 0 Å². The number of hydrogen-bond acceptors (Lipinski definition) is 5. The number of aryl methyl sites for hydroxylation is 1. The van der Waals surface area contributed by atoms with E-state index in [1.54, 1.807) is 11.0 Å². The van der Waals surface area contributed by atoms with Crippen LogP contribution in [0.15, 0.2) is 106 Å². The van der Waals surface area contributed by atoms with Crippen molar-refractivity contribution < 1.29 is 18.7 Å². The highest BCUT2D eigenvalue weighted by atomic mass is 16.5. The highest BCUT2D eigenvalue weighted by Crippen LogP contribution is 2.42. The lowest BCUT2D eigenvalue weighted by molar-refractivity contribution is 0.0971. The van der Waals surface area contributed by atoms with Gasteiger partial charge in [0.15, 0.2) is 5.43 Å². The van der Waals surface area contributed by atoms with Crippen LogP contribution in [0.3, 0.4) is 0 Å². The number of carbonyl (C=O) groups excluding carboxylic acids is 1. The largest absolute Gasteiger partial charge is 0.494 e. The molecule has 1 atom stereocenters. The van der Waals surface area contributed by atoms with Gasteiger partial charge in [-0.2, -0.15) is 0 Å². The third-order valence-electron chi connectivity index (χ3n) is 6.87. The Morgan fingerprint density at radius 3 is 2.38 bits per heavy atom. The first-order valence-electron chi connectivity index (χ1n) is 12.9. The lowest BCUT2D eigenvalue weighted by Gasteiger charge is -2.25. The maximum Gasteiger partial charge on any atom is 0.295 e. The zero-order valence-corrected chi connectivity index (χ0v) is 21.7. The molecule has 6 rings (SSSR count). The van der Waals surface area contributed by atoms with Gasteiger partial charge in [0, 0.05) is 5.69 Å². The van der Waals surface area contributed by atoms with Crippen LogP contribution in [0.25, 0.3) is 11.0 Å². The molecule has 0 N–H and O–H groups in total. The van der Waals surface area contributed by atoms with Crippen LogP contribution in [0.2, 0.25) is 0 Å². The highest BCUT2D eigenvalue weighted by Gasteiger charge is 2.43. The number of carbonyl (C=O) groups is 1. The number of nitrogens with zero attached hydrogens (tertiary/aromatic N) is 1. The van der Waals surface area contributed by atoms with Crippen molar-refractivity contribution in [3.8, 4) is 11.5 Å². The van der Waals surface area contributed by atoms with E-state index < -0.39 is 6.04 Å². The van der Waals surface area contributed by atoms with Crippen LogP contribution in [0.4, 0.5) is 5.69 Å². The normalized spacial score (nSPS) is 14.5. The zero-order valence-electron chi connectivity index (χ0n) is 21.7. The standard InChI is InChI=1S/C33H27NO5/c1-3-37-25-15-13-24(14-16-25)34-30(23-10-7-11-26(19-23)38-20-22-8-5-4-6-9-22)29-31(35)27-18-21(2)12-17-28(27)39-32(29)33(34)36/h4-19,30H,3,20H2,1-2H3. The Labute approximate surface area is 226 Å². The first kappa shape index (κ1) is 24.5. The third kappa shape index (κ3) is 4.55. The van der Waals surface area contributed by atoms with Crippen LogP contribution in [0, 0.1) is 6.92 Å². The number of amides is 1. The number of benzene rings is 4. The molecule has 6 heteroatoms. The van der Waals surface area contributed by atoms with Crippen LogP contribution in [-0.4, -0.2) is 12.5 Å². The van der Waals surface area contributed by atoms with Crippen LogP contribution in [0.1, 0.15) is 45.8 Å². The van der Waals surface area contributed by atoms with E-state index in [0.717, 1.165) is 16.7 Å². The Balaban J connectivity index is 1.47. The Morgan fingerprint density at radius 2 is 1.62 bits per heavy atom. The van der Waals surface area contributed by atoms with E-state index in [-0.39, 0.29) is 17.1 Å². The summed E-state index contributed by atoms with van der Waals surface area (Å²) in [6.45, 7) is 4.78. The van der Waals surface area contributed by atoms with Gasteiger partial charge in [0.1, 0.15) is 23.7 Å². The molecule has 39 heavy (non-hydrogen) atoms. The minimum atomic E-state index is -0.688. The predicted octanol–water partition coefficient (Wildman–Crippen LogP) is 6.83. The predicted molar refractivity (Wildman–Crippen MR) is 151 cm³/mol.